The molecule has 0 saturated carbocycles. The van der Waals surface area contributed by atoms with Gasteiger partial charge in [-0.15, -0.1) is 0 Å². The highest BCUT2D eigenvalue weighted by Gasteiger charge is 2.40. The van der Waals surface area contributed by atoms with Gasteiger partial charge in [-0.05, 0) is 6.92 Å². The van der Waals surface area contributed by atoms with Crippen LogP contribution >= 0.6 is 0 Å². The quantitative estimate of drug-likeness (QED) is 0.505. The highest BCUT2D eigenvalue weighted by Crippen LogP contribution is 2.14. The van der Waals surface area contributed by atoms with Crippen molar-refractivity contribution in [2.75, 3.05) is 6.61 Å². The number of nitrogens with zero attached hydrogens (tertiary/aromatic N) is 1. The Hall–Kier alpha value is -1.90. The summed E-state index contributed by atoms with van der Waals surface area (Å²) in [5.74, 6) is -1.37. The maximum Gasteiger partial charge on any atom is 0.346 e. The van der Waals surface area contributed by atoms with Crippen molar-refractivity contribution in [1.29, 1.82) is 5.26 Å². The Morgan fingerprint density at radius 2 is 2.19 bits per heavy atom. The molecule has 6 nitrogen and oxygen atoms in total. The number of amides is 1. The molecule has 0 aliphatic rings. The Morgan fingerprint density at radius 3 is 2.56 bits per heavy atom. The molecule has 0 rings (SSSR count). The maximum absolute atomic E-state index is 11.6. The van der Waals surface area contributed by atoms with Crippen LogP contribution in [-0.4, -0.2) is 30.3 Å². The van der Waals surface area contributed by atoms with E-state index >= 15 is 0 Å². The Labute approximate surface area is 93.6 Å². The molecule has 0 heterocycles. The first-order valence-electron chi connectivity index (χ1n) is 4.83. The number of aldehydes is 1. The van der Waals surface area contributed by atoms with E-state index < -0.39 is 17.4 Å². The lowest BCUT2D eigenvalue weighted by Crippen LogP contribution is -2.53. The molecule has 0 radical (unpaired) electrons. The molecule has 6 heteroatoms. The van der Waals surface area contributed by atoms with Crippen molar-refractivity contribution < 1.29 is 19.1 Å². The van der Waals surface area contributed by atoms with E-state index in [1.54, 1.807) is 13.0 Å². The lowest BCUT2D eigenvalue weighted by molar-refractivity contribution is -0.150. The number of carbonyl (C=O) groups excluding carboxylic acids is 3. The molecule has 1 amide bonds. The van der Waals surface area contributed by atoms with Gasteiger partial charge >= 0.3 is 5.97 Å². The summed E-state index contributed by atoms with van der Waals surface area (Å²) < 4.78 is 4.70. The van der Waals surface area contributed by atoms with Crippen LogP contribution in [0.15, 0.2) is 0 Å². The minimum atomic E-state index is -1.76. The SMILES string of the molecule is CCOC(=O)[C@@](C#N)(CCC=O)NC(C)=O. The second kappa shape index (κ2) is 6.56. The van der Waals surface area contributed by atoms with Crippen LogP contribution in [0.25, 0.3) is 0 Å². The molecular weight excluding hydrogens is 212 g/mol. The van der Waals surface area contributed by atoms with Gasteiger partial charge in [0.25, 0.3) is 0 Å². The van der Waals surface area contributed by atoms with Crippen LogP contribution in [0.4, 0.5) is 0 Å². The zero-order valence-electron chi connectivity index (χ0n) is 9.28. The molecule has 0 spiro atoms. The maximum atomic E-state index is 11.6. The van der Waals surface area contributed by atoms with Gasteiger partial charge in [-0.1, -0.05) is 0 Å². The highest BCUT2D eigenvalue weighted by atomic mass is 16.5. The van der Waals surface area contributed by atoms with Gasteiger partial charge in [0.1, 0.15) is 12.4 Å². The molecule has 0 fully saturated rings. The van der Waals surface area contributed by atoms with Crippen LogP contribution in [-0.2, 0) is 19.1 Å². The standard InChI is InChI=1S/C10H14N2O4/c1-3-16-9(15)10(7-11,5-4-6-13)12-8(2)14/h6H,3-5H2,1-2H3,(H,12,14)/t10-/m0/s1. The fraction of sp³-hybridized carbons (Fsp3) is 0.600. The molecule has 0 aromatic rings. The zero-order chi connectivity index (χ0) is 12.6. The van der Waals surface area contributed by atoms with Crippen LogP contribution in [0.2, 0.25) is 0 Å². The lowest BCUT2D eigenvalue weighted by atomic mass is 9.95. The summed E-state index contributed by atoms with van der Waals surface area (Å²) in [5.41, 5.74) is -1.76. The van der Waals surface area contributed by atoms with E-state index in [0.717, 1.165) is 0 Å². The number of carbonyl (C=O) groups is 3. The number of nitrogens with one attached hydrogen (secondary N) is 1. The van der Waals surface area contributed by atoms with E-state index in [0.29, 0.717) is 6.29 Å². The van der Waals surface area contributed by atoms with Gasteiger partial charge in [-0.3, -0.25) is 4.79 Å². The second-order valence-corrected chi connectivity index (χ2v) is 3.12. The molecule has 0 aromatic heterocycles. The smallest absolute Gasteiger partial charge is 0.346 e. The molecule has 0 bridgehead atoms. The van der Waals surface area contributed by atoms with Crippen molar-refractivity contribution in [1.82, 2.24) is 5.32 Å². The Bertz CT molecular complexity index is 321. The first-order chi connectivity index (χ1) is 7.52. The van der Waals surface area contributed by atoms with Crippen LogP contribution in [0.1, 0.15) is 26.7 Å². The molecule has 0 unspecified atom stereocenters. The van der Waals surface area contributed by atoms with Gasteiger partial charge in [0, 0.05) is 19.8 Å². The third kappa shape index (κ3) is 3.69. The van der Waals surface area contributed by atoms with Crippen molar-refractivity contribution in [3.8, 4) is 6.07 Å². The summed E-state index contributed by atoms with van der Waals surface area (Å²) in [5, 5.41) is 11.2. The molecule has 0 saturated heterocycles. The van der Waals surface area contributed by atoms with Crippen LogP contribution in [0, 0.1) is 11.3 Å². The fourth-order valence-corrected chi connectivity index (χ4v) is 1.18. The first kappa shape index (κ1) is 14.1. The van der Waals surface area contributed by atoms with E-state index in [1.165, 1.54) is 6.92 Å². The Balaban J connectivity index is 4.95. The van der Waals surface area contributed by atoms with E-state index in [9.17, 15) is 14.4 Å². The number of hydrogen-bond donors (Lipinski definition) is 1. The third-order valence-corrected chi connectivity index (χ3v) is 1.84. The van der Waals surface area contributed by atoms with Crippen molar-refractivity contribution in [2.45, 2.75) is 32.2 Å². The highest BCUT2D eigenvalue weighted by molar-refractivity contribution is 5.90. The van der Waals surface area contributed by atoms with Crippen LogP contribution in [0.3, 0.4) is 0 Å². The summed E-state index contributed by atoms with van der Waals surface area (Å²) in [7, 11) is 0. The van der Waals surface area contributed by atoms with Gasteiger partial charge in [-0.25, -0.2) is 4.79 Å². The molecule has 0 aromatic carbocycles. The average Bonchev–Trinajstić information content (AvgIpc) is 2.24. The summed E-state index contributed by atoms with van der Waals surface area (Å²) >= 11 is 0. The Morgan fingerprint density at radius 1 is 1.56 bits per heavy atom. The molecule has 1 N–H and O–H groups in total. The van der Waals surface area contributed by atoms with E-state index in [2.05, 4.69) is 5.32 Å². The average molecular weight is 226 g/mol. The first-order valence-corrected chi connectivity index (χ1v) is 4.83. The van der Waals surface area contributed by atoms with E-state index in [1.807, 2.05) is 0 Å². The molecule has 1 atom stereocenters. The number of hydrogen-bond acceptors (Lipinski definition) is 5. The van der Waals surface area contributed by atoms with Crippen LogP contribution in [0.5, 0.6) is 0 Å². The largest absolute Gasteiger partial charge is 0.463 e. The summed E-state index contributed by atoms with van der Waals surface area (Å²) in [6.07, 6.45) is 0.477. The number of nitriles is 1. The minimum Gasteiger partial charge on any atom is -0.463 e. The molecule has 88 valence electrons. The molecular formula is C10H14N2O4. The minimum absolute atomic E-state index is 0.00729. The predicted molar refractivity (Wildman–Crippen MR) is 54.1 cm³/mol. The lowest BCUT2D eigenvalue weighted by Gasteiger charge is -2.23. The van der Waals surface area contributed by atoms with Crippen molar-refractivity contribution in [3.05, 3.63) is 0 Å². The van der Waals surface area contributed by atoms with E-state index in [-0.39, 0.29) is 19.4 Å². The summed E-state index contributed by atoms with van der Waals surface area (Å²) in [4.78, 5) is 32.8. The molecule has 16 heavy (non-hydrogen) atoms. The van der Waals surface area contributed by atoms with Crippen molar-refractivity contribution in [2.24, 2.45) is 0 Å². The van der Waals surface area contributed by atoms with Crippen LogP contribution < -0.4 is 5.32 Å². The molecule has 0 aliphatic carbocycles. The normalized spacial score (nSPS) is 13.1. The molecule has 0 aliphatic heterocycles. The van der Waals surface area contributed by atoms with Gasteiger partial charge in [0.15, 0.2) is 0 Å². The predicted octanol–water partition coefficient (Wildman–Crippen LogP) is -0.0729. The van der Waals surface area contributed by atoms with Gasteiger partial charge < -0.3 is 14.8 Å². The fourth-order valence-electron chi connectivity index (χ4n) is 1.18. The number of ether oxygens (including phenoxy) is 1. The zero-order valence-corrected chi connectivity index (χ0v) is 9.28. The van der Waals surface area contributed by atoms with Gasteiger partial charge in [-0.2, -0.15) is 5.26 Å². The Kier molecular flexibility index (Phi) is 5.78. The van der Waals surface area contributed by atoms with Crippen molar-refractivity contribution >= 4 is 18.2 Å². The van der Waals surface area contributed by atoms with Gasteiger partial charge in [0.05, 0.1) is 6.61 Å². The monoisotopic (exact) mass is 226 g/mol. The number of esters is 1. The van der Waals surface area contributed by atoms with Crippen molar-refractivity contribution in [3.63, 3.8) is 0 Å². The second-order valence-electron chi connectivity index (χ2n) is 3.12. The number of rotatable bonds is 6. The van der Waals surface area contributed by atoms with Gasteiger partial charge in [0.2, 0.25) is 11.4 Å². The van der Waals surface area contributed by atoms with E-state index in [4.69, 9.17) is 10.00 Å². The summed E-state index contributed by atoms with van der Waals surface area (Å²) in [6.45, 7) is 2.88. The summed E-state index contributed by atoms with van der Waals surface area (Å²) in [6, 6.07) is 1.70. The third-order valence-electron chi connectivity index (χ3n) is 1.84. The topological polar surface area (TPSA) is 96.3 Å².